The summed E-state index contributed by atoms with van der Waals surface area (Å²) in [6.45, 7) is 25.5. The van der Waals surface area contributed by atoms with Gasteiger partial charge in [-0.05, 0) is 326 Å². The van der Waals surface area contributed by atoms with E-state index in [2.05, 4.69) is 83.1 Å². The van der Waals surface area contributed by atoms with Crippen LogP contribution in [0, 0.1) is 0 Å². The van der Waals surface area contributed by atoms with Crippen LogP contribution < -0.4 is 0 Å². The van der Waals surface area contributed by atoms with Gasteiger partial charge in [0.05, 0.1) is 22.4 Å². The topological polar surface area (TPSA) is 73.8 Å². The van der Waals surface area contributed by atoms with Crippen LogP contribution in [0.15, 0.2) is 22.3 Å². The van der Waals surface area contributed by atoms with Crippen molar-refractivity contribution in [2.75, 3.05) is 0 Å². The van der Waals surface area contributed by atoms with Gasteiger partial charge in [0.1, 0.15) is 8.65 Å². The zero-order valence-corrected chi connectivity index (χ0v) is 51.2. The average Bonchev–Trinajstić information content (AvgIpc) is 1.37. The molecule has 0 radical (unpaired) electrons. The molecule has 86 heavy (non-hydrogen) atoms. The maximum atomic E-state index is 8.44. The van der Waals surface area contributed by atoms with E-state index in [0.29, 0.717) is 0 Å². The molecule has 11 aliphatic carbocycles. The van der Waals surface area contributed by atoms with Gasteiger partial charge < -0.3 is 0 Å². The van der Waals surface area contributed by atoms with Crippen LogP contribution in [0.3, 0.4) is 0 Å². The molecule has 21 aromatic carbocycles. The zero-order valence-electron chi connectivity index (χ0n) is 48.0. The Bertz CT molecular complexity index is 7380. The molecule has 32 rings (SSSR count). The lowest BCUT2D eigenvalue weighted by Gasteiger charge is -2.61. The summed E-state index contributed by atoms with van der Waals surface area (Å²) in [7, 11) is 0. The zero-order chi connectivity index (χ0) is 55.8. The van der Waals surface area contributed by atoms with Gasteiger partial charge in [0.25, 0.3) is 0 Å². The van der Waals surface area contributed by atoms with Gasteiger partial charge in [-0.3, -0.25) is 0 Å². The number of hydrogen-bond donors (Lipinski definition) is 0. The Balaban J connectivity index is 1.07. The molecule has 0 saturated heterocycles. The third kappa shape index (κ3) is 2.60. The SMILES string of the molecule is CC(C)(C)OO[C@@]12C3=C4[C@@]5(OOC(C)(C)C)c6c1c1c7c2c2c8c9c%10c%11c%12c%13c%14c%15c%16c%17c(c5c5c6c6c1c1c%18c7c8c7c8c9c%12c9c%12c%13c%16c%13c%16c%17c5c5c6c1c1c(c7%18)c(c89)c(c%12%13)c1c5%16)[C@]%15(OOC(C)(C)C)[C@@]4(OOC(C)(C)C)C(=C3[C@@]%102Br)[C@]%11%14Br. The Morgan fingerprint density at radius 1 is 0.209 bits per heavy atom. The summed E-state index contributed by atoms with van der Waals surface area (Å²) in [5, 5.41) is 56.4. The highest BCUT2D eigenvalue weighted by Crippen LogP contribution is 2.93. The molecule has 0 fully saturated rings. The molecular weight excluding hydrogens is 1200 g/mol. The molecular formula is C76H36Br2O8. The number of halogens is 2. The molecule has 0 heterocycles. The molecule has 0 bridgehead atoms. The molecule has 402 valence electrons. The quantitative estimate of drug-likeness (QED) is 0.0645. The average molecular weight is 1240 g/mol. The van der Waals surface area contributed by atoms with Crippen LogP contribution in [-0.4, -0.2) is 28.0 Å². The molecule has 0 saturated carbocycles. The fourth-order valence-electron chi connectivity index (χ4n) is 25.6. The largest absolute Gasteiger partial charge is 0.230 e. The predicted octanol–water partition coefficient (Wildman–Crippen LogP) is 19.6. The van der Waals surface area contributed by atoms with E-state index in [4.69, 9.17) is 71.0 Å². The summed E-state index contributed by atoms with van der Waals surface area (Å²) >= 11 is 10.4. The van der Waals surface area contributed by atoms with Crippen molar-refractivity contribution >= 4 is 247 Å². The lowest BCUT2D eigenvalue weighted by Crippen LogP contribution is -2.69. The molecule has 0 aliphatic heterocycles. The van der Waals surface area contributed by atoms with Crippen LogP contribution in [0.4, 0.5) is 0 Å². The van der Waals surface area contributed by atoms with E-state index in [-0.39, 0.29) is 0 Å². The minimum absolute atomic E-state index is 0.742. The van der Waals surface area contributed by atoms with Crippen LogP contribution in [-0.2, 0) is 64.6 Å². The summed E-state index contributed by atoms with van der Waals surface area (Å²) in [5.74, 6) is 0. The lowest BCUT2D eigenvalue weighted by molar-refractivity contribution is -0.477. The molecule has 0 aromatic heterocycles. The molecule has 10 heteroatoms. The van der Waals surface area contributed by atoms with Crippen molar-refractivity contribution in [1.29, 1.82) is 0 Å². The minimum atomic E-state index is -1.71. The Labute approximate surface area is 497 Å². The molecule has 6 atom stereocenters. The van der Waals surface area contributed by atoms with E-state index >= 15 is 0 Å². The van der Waals surface area contributed by atoms with Gasteiger partial charge in [-0.15, -0.1) is 0 Å². The van der Waals surface area contributed by atoms with Crippen molar-refractivity contribution in [2.24, 2.45) is 0 Å². The molecule has 0 spiro atoms. The van der Waals surface area contributed by atoms with E-state index in [1.54, 1.807) is 0 Å². The van der Waals surface area contributed by atoms with Gasteiger partial charge in [0.15, 0.2) is 22.4 Å². The first-order valence-corrected chi connectivity index (χ1v) is 32.8. The number of benzene rings is 15. The standard InChI is InChI=1S/C76H36Br2O8/c1-67(2,3)79-83-73-57-47-37-27-19-14-13-15-17-16(14)21-28(27)38-39-29(21)30-22(17)32-31-20(15)26-24-18(13)23-25(19)35(37)45-43-33(23)34(24)44-46-36(26)41(31)51-52-42(32)40(30)50-49(39)59(58(73)48(38)47)74(84-80-68(4,5)6)60(50)62(52)75(85-81-69(7,8)9)61(51)56(46)72(78)54(44)53(43)71(77,55(45)57)63-64(73)66(74)76(75,65(63)72)86-82-70(10,11)12/h1-12H3/t71-,72+,73-,74-,75+,76-/m1/s1. The first-order chi connectivity index (χ1) is 41.0. The highest BCUT2D eigenvalue weighted by molar-refractivity contribution is 9.10. The Kier molecular flexibility index (Phi) is 4.51. The third-order valence-electron chi connectivity index (χ3n) is 26.0. The van der Waals surface area contributed by atoms with Gasteiger partial charge in [-0.2, -0.15) is 0 Å². The van der Waals surface area contributed by atoms with E-state index in [0.717, 1.165) is 50.1 Å². The van der Waals surface area contributed by atoms with Crippen molar-refractivity contribution in [2.45, 2.75) is 137 Å². The predicted molar refractivity (Wildman–Crippen MR) is 344 cm³/mol. The minimum Gasteiger partial charge on any atom is -0.230 e. The molecule has 0 amide bonds. The molecule has 11 aliphatic rings. The third-order valence-corrected chi connectivity index (χ3v) is 28.4. The summed E-state index contributed by atoms with van der Waals surface area (Å²) in [6, 6.07) is 0. The van der Waals surface area contributed by atoms with E-state index in [9.17, 15) is 0 Å². The second-order valence-corrected chi connectivity index (χ2v) is 35.8. The maximum Gasteiger partial charge on any atom is 0.195 e. The highest BCUT2D eigenvalue weighted by atomic mass is 79.9. The van der Waals surface area contributed by atoms with Crippen molar-refractivity contribution in [1.82, 2.24) is 0 Å². The molecule has 0 N–H and O–H groups in total. The normalized spacial score (nSPS) is 29.4. The van der Waals surface area contributed by atoms with Gasteiger partial charge in [0, 0.05) is 50.1 Å². The fraction of sp³-hybridized carbons (Fsp3) is 0.289. The van der Waals surface area contributed by atoms with Gasteiger partial charge in [0.2, 0.25) is 0 Å². The fourth-order valence-corrected chi connectivity index (χ4v) is 28.1. The second kappa shape index (κ2) is 9.47. The Morgan fingerprint density at radius 2 is 0.430 bits per heavy atom. The second-order valence-electron chi connectivity index (χ2n) is 33.4. The molecule has 21 aromatic rings. The van der Waals surface area contributed by atoms with Crippen LogP contribution in [0.2, 0.25) is 0 Å². The summed E-state index contributed by atoms with van der Waals surface area (Å²) < 4.78 is -1.99. The first kappa shape index (κ1) is 41.0. The van der Waals surface area contributed by atoms with Crippen LogP contribution in [0.5, 0.6) is 0 Å². The number of alkyl halides is 2. The van der Waals surface area contributed by atoms with Gasteiger partial charge >= 0.3 is 0 Å². The van der Waals surface area contributed by atoms with E-state index < -0.39 is 53.5 Å². The van der Waals surface area contributed by atoms with Gasteiger partial charge in [-0.25, -0.2) is 39.1 Å². The summed E-state index contributed by atoms with van der Waals surface area (Å²) in [4.78, 5) is 63.1. The van der Waals surface area contributed by atoms with Crippen molar-refractivity contribution in [3.63, 3.8) is 0 Å². The van der Waals surface area contributed by atoms with Crippen molar-refractivity contribution in [3.8, 4) is 0 Å². The van der Waals surface area contributed by atoms with Crippen molar-refractivity contribution < 1.29 is 39.1 Å². The van der Waals surface area contributed by atoms with E-state index in [1.807, 2.05) is 0 Å². The summed E-state index contributed by atoms with van der Waals surface area (Å²) in [5.41, 5.74) is 6.65. The number of rotatable bonds is 8. The number of hydrogen-bond acceptors (Lipinski definition) is 8. The van der Waals surface area contributed by atoms with Crippen LogP contribution >= 0.6 is 31.9 Å². The molecule has 0 unspecified atom stereocenters. The summed E-state index contributed by atoms with van der Waals surface area (Å²) in [6.07, 6.45) is 0. The van der Waals surface area contributed by atoms with Crippen LogP contribution in [0.25, 0.3) is 215 Å². The Hall–Kier alpha value is -6.38. The maximum absolute atomic E-state index is 8.44. The van der Waals surface area contributed by atoms with Crippen molar-refractivity contribution in [3.05, 3.63) is 77.9 Å². The smallest absolute Gasteiger partial charge is 0.195 e. The van der Waals surface area contributed by atoms with Gasteiger partial charge in [-0.1, -0.05) is 31.9 Å². The Morgan fingerprint density at radius 3 is 0.791 bits per heavy atom. The van der Waals surface area contributed by atoms with Crippen LogP contribution in [0.1, 0.15) is 139 Å². The molecule has 8 nitrogen and oxygen atoms in total. The van der Waals surface area contributed by atoms with E-state index in [1.165, 1.54) is 243 Å². The first-order valence-electron chi connectivity index (χ1n) is 31.2. The monoisotopic (exact) mass is 1230 g/mol. The highest BCUT2D eigenvalue weighted by Gasteiger charge is 2.90. The lowest BCUT2D eigenvalue weighted by atomic mass is 9.50.